The van der Waals surface area contributed by atoms with Crippen LogP contribution in [0.25, 0.3) is 0 Å². The van der Waals surface area contributed by atoms with E-state index in [-0.39, 0.29) is 12.3 Å². The molecule has 1 fully saturated rings. The van der Waals surface area contributed by atoms with Crippen molar-refractivity contribution >= 4 is 11.6 Å². The highest BCUT2D eigenvalue weighted by Crippen LogP contribution is 2.45. The Morgan fingerprint density at radius 3 is 2.73 bits per heavy atom. The third-order valence-electron chi connectivity index (χ3n) is 2.99. The molecule has 2 aliphatic rings. The molecule has 0 amide bonds. The van der Waals surface area contributed by atoms with Gasteiger partial charge in [0, 0.05) is 11.1 Å². The first-order valence-electron chi connectivity index (χ1n) is 5.04. The van der Waals surface area contributed by atoms with Gasteiger partial charge in [0.25, 0.3) is 0 Å². The van der Waals surface area contributed by atoms with Crippen LogP contribution < -0.4 is 15.2 Å². The van der Waals surface area contributed by atoms with Gasteiger partial charge in [-0.25, -0.2) is 0 Å². The molecule has 3 nitrogen and oxygen atoms in total. The van der Waals surface area contributed by atoms with Crippen LogP contribution in [0.15, 0.2) is 12.1 Å². The molecule has 4 heteroatoms. The van der Waals surface area contributed by atoms with Gasteiger partial charge >= 0.3 is 0 Å². The van der Waals surface area contributed by atoms with E-state index in [1.807, 2.05) is 12.1 Å². The molecule has 80 valence electrons. The Morgan fingerprint density at radius 1 is 1.27 bits per heavy atom. The maximum atomic E-state index is 6.08. The fourth-order valence-electron chi connectivity index (χ4n) is 1.88. The summed E-state index contributed by atoms with van der Waals surface area (Å²) in [6, 6.07) is 3.82. The van der Waals surface area contributed by atoms with Crippen LogP contribution in [-0.2, 0) is 6.42 Å². The predicted octanol–water partition coefficient (Wildman–Crippen LogP) is 2.10. The topological polar surface area (TPSA) is 44.5 Å². The van der Waals surface area contributed by atoms with E-state index in [0.29, 0.717) is 10.8 Å². The van der Waals surface area contributed by atoms with Crippen LogP contribution in [0.3, 0.4) is 0 Å². The molecule has 1 aromatic carbocycles. The second-order valence-electron chi connectivity index (χ2n) is 4.31. The van der Waals surface area contributed by atoms with E-state index in [9.17, 15) is 0 Å². The van der Waals surface area contributed by atoms with Gasteiger partial charge in [0.1, 0.15) is 0 Å². The Bertz CT molecular complexity index is 415. The molecule has 15 heavy (non-hydrogen) atoms. The molecular formula is C11H12ClNO2. The summed E-state index contributed by atoms with van der Waals surface area (Å²) in [7, 11) is 0. The normalized spacial score (nSPS) is 20.4. The SMILES string of the molecule is NC1(Cc2ccc(Cl)c3c2OCO3)CC1. The molecule has 1 aliphatic heterocycles. The summed E-state index contributed by atoms with van der Waals surface area (Å²) in [5, 5.41) is 0.605. The molecule has 2 N–H and O–H groups in total. The minimum absolute atomic E-state index is 0.0203. The Balaban J connectivity index is 1.98. The Kier molecular flexibility index (Phi) is 1.88. The van der Waals surface area contributed by atoms with Crippen molar-refractivity contribution < 1.29 is 9.47 Å². The van der Waals surface area contributed by atoms with Gasteiger partial charge in [-0.3, -0.25) is 0 Å². The summed E-state index contributed by atoms with van der Waals surface area (Å²) in [6.45, 7) is 0.254. The van der Waals surface area contributed by atoms with Crippen molar-refractivity contribution in [2.45, 2.75) is 24.8 Å². The first kappa shape index (κ1) is 9.31. The van der Waals surface area contributed by atoms with Crippen LogP contribution in [0.1, 0.15) is 18.4 Å². The third kappa shape index (κ3) is 1.56. The number of hydrogen-bond donors (Lipinski definition) is 1. The van der Waals surface area contributed by atoms with Crippen molar-refractivity contribution in [2.75, 3.05) is 6.79 Å². The second kappa shape index (κ2) is 3.03. The van der Waals surface area contributed by atoms with Crippen molar-refractivity contribution in [3.8, 4) is 11.5 Å². The Labute approximate surface area is 93.1 Å². The van der Waals surface area contributed by atoms with Gasteiger partial charge in [-0.1, -0.05) is 17.7 Å². The standard InChI is InChI=1S/C11H12ClNO2/c12-8-2-1-7(5-11(13)3-4-11)9-10(8)15-6-14-9/h1-2H,3-6,13H2. The minimum atomic E-state index is -0.0203. The highest BCUT2D eigenvalue weighted by molar-refractivity contribution is 6.32. The summed E-state index contributed by atoms with van der Waals surface area (Å²) < 4.78 is 10.7. The first-order chi connectivity index (χ1) is 7.18. The van der Waals surface area contributed by atoms with Gasteiger partial charge in [0.15, 0.2) is 11.5 Å². The molecular weight excluding hydrogens is 214 g/mol. The lowest BCUT2D eigenvalue weighted by molar-refractivity contribution is 0.173. The number of nitrogens with two attached hydrogens (primary N) is 1. The van der Waals surface area contributed by atoms with Crippen LogP contribution in [0, 0.1) is 0 Å². The van der Waals surface area contributed by atoms with E-state index >= 15 is 0 Å². The maximum absolute atomic E-state index is 6.08. The quantitative estimate of drug-likeness (QED) is 0.839. The van der Waals surface area contributed by atoms with Crippen LogP contribution in [0.2, 0.25) is 5.02 Å². The minimum Gasteiger partial charge on any atom is -0.453 e. The summed E-state index contributed by atoms with van der Waals surface area (Å²) in [5.74, 6) is 1.44. The van der Waals surface area contributed by atoms with E-state index in [4.69, 9.17) is 26.8 Å². The number of hydrogen-bond acceptors (Lipinski definition) is 3. The van der Waals surface area contributed by atoms with Crippen LogP contribution in [-0.4, -0.2) is 12.3 Å². The van der Waals surface area contributed by atoms with E-state index in [1.54, 1.807) is 0 Å². The maximum Gasteiger partial charge on any atom is 0.231 e. The highest BCUT2D eigenvalue weighted by atomic mass is 35.5. The van der Waals surface area contributed by atoms with Gasteiger partial charge in [-0.05, 0) is 25.3 Å². The summed E-state index contributed by atoms with van der Waals surface area (Å²) >= 11 is 5.99. The molecule has 0 unspecified atom stereocenters. The smallest absolute Gasteiger partial charge is 0.231 e. The lowest BCUT2D eigenvalue weighted by atomic mass is 10.0. The van der Waals surface area contributed by atoms with Crippen molar-refractivity contribution in [1.29, 1.82) is 0 Å². The number of halogens is 1. The molecule has 1 aromatic rings. The third-order valence-corrected chi connectivity index (χ3v) is 3.28. The van der Waals surface area contributed by atoms with Crippen molar-refractivity contribution in [3.05, 3.63) is 22.7 Å². The van der Waals surface area contributed by atoms with Crippen molar-refractivity contribution in [1.82, 2.24) is 0 Å². The average Bonchev–Trinajstić information content (AvgIpc) is 2.77. The molecule has 0 atom stereocenters. The zero-order chi connectivity index (χ0) is 10.5. The van der Waals surface area contributed by atoms with Gasteiger partial charge in [-0.15, -0.1) is 0 Å². The van der Waals surface area contributed by atoms with Crippen molar-refractivity contribution in [2.24, 2.45) is 5.73 Å². The lowest BCUT2D eigenvalue weighted by Gasteiger charge is -2.11. The second-order valence-corrected chi connectivity index (χ2v) is 4.72. The molecule has 1 saturated carbocycles. The van der Waals surface area contributed by atoms with E-state index in [2.05, 4.69) is 0 Å². The predicted molar refractivity (Wildman–Crippen MR) is 57.4 cm³/mol. The average molecular weight is 226 g/mol. The molecule has 1 heterocycles. The van der Waals surface area contributed by atoms with Gasteiger partial charge < -0.3 is 15.2 Å². The van der Waals surface area contributed by atoms with E-state index < -0.39 is 0 Å². The van der Waals surface area contributed by atoms with Crippen LogP contribution in [0.5, 0.6) is 11.5 Å². The van der Waals surface area contributed by atoms with Gasteiger partial charge in [0.05, 0.1) is 5.02 Å². The van der Waals surface area contributed by atoms with Crippen LogP contribution >= 0.6 is 11.6 Å². The van der Waals surface area contributed by atoms with E-state index in [0.717, 1.165) is 30.6 Å². The molecule has 3 rings (SSSR count). The largest absolute Gasteiger partial charge is 0.453 e. The zero-order valence-corrected chi connectivity index (χ0v) is 9.01. The number of benzene rings is 1. The fraction of sp³-hybridized carbons (Fsp3) is 0.455. The molecule has 0 bridgehead atoms. The Hall–Kier alpha value is -0.930. The fourth-order valence-corrected chi connectivity index (χ4v) is 2.08. The Morgan fingerprint density at radius 2 is 2.00 bits per heavy atom. The molecule has 0 saturated heterocycles. The molecule has 0 aromatic heterocycles. The summed E-state index contributed by atoms with van der Waals surface area (Å²) in [6.07, 6.45) is 3.02. The number of ether oxygens (including phenoxy) is 2. The van der Waals surface area contributed by atoms with Crippen LogP contribution in [0.4, 0.5) is 0 Å². The van der Waals surface area contributed by atoms with Crippen molar-refractivity contribution in [3.63, 3.8) is 0 Å². The number of rotatable bonds is 2. The summed E-state index contributed by atoms with van der Waals surface area (Å²) in [5.41, 5.74) is 7.16. The zero-order valence-electron chi connectivity index (χ0n) is 8.25. The molecule has 0 radical (unpaired) electrons. The molecule has 1 aliphatic carbocycles. The monoisotopic (exact) mass is 225 g/mol. The highest BCUT2D eigenvalue weighted by Gasteiger charge is 2.39. The summed E-state index contributed by atoms with van der Waals surface area (Å²) in [4.78, 5) is 0. The molecule has 0 spiro atoms. The van der Waals surface area contributed by atoms with Gasteiger partial charge in [-0.2, -0.15) is 0 Å². The van der Waals surface area contributed by atoms with E-state index in [1.165, 1.54) is 0 Å². The lowest BCUT2D eigenvalue weighted by Crippen LogP contribution is -2.24. The van der Waals surface area contributed by atoms with Gasteiger partial charge in [0.2, 0.25) is 6.79 Å². The first-order valence-corrected chi connectivity index (χ1v) is 5.42. The number of fused-ring (bicyclic) bond motifs is 1.